The van der Waals surface area contributed by atoms with Crippen LogP contribution in [-0.4, -0.2) is 44.3 Å². The number of hydrogen-bond donors (Lipinski definition) is 2. The van der Waals surface area contributed by atoms with E-state index in [0.717, 1.165) is 6.42 Å². The van der Waals surface area contributed by atoms with Crippen molar-refractivity contribution < 1.29 is 14.7 Å². The Labute approximate surface area is 112 Å². The molecule has 4 nitrogen and oxygen atoms in total. The Morgan fingerprint density at radius 2 is 2.24 bits per heavy atom. The molecule has 0 aromatic carbocycles. The van der Waals surface area contributed by atoms with Gasteiger partial charge < -0.3 is 10.0 Å². The SMILES string of the molecule is CCC1(C)SCC(C(=O)O)N1C(=O)C(C)CS. The highest BCUT2D eigenvalue weighted by Crippen LogP contribution is 2.42. The fraction of sp³-hybridized carbons (Fsp3) is 0.818. The van der Waals surface area contributed by atoms with E-state index < -0.39 is 16.9 Å². The summed E-state index contributed by atoms with van der Waals surface area (Å²) in [6.07, 6.45) is 0.743. The van der Waals surface area contributed by atoms with Gasteiger partial charge in [-0.2, -0.15) is 12.6 Å². The van der Waals surface area contributed by atoms with Crippen molar-refractivity contribution >= 4 is 36.3 Å². The summed E-state index contributed by atoms with van der Waals surface area (Å²) in [6.45, 7) is 5.69. The van der Waals surface area contributed by atoms with E-state index in [4.69, 9.17) is 0 Å². The molecule has 0 saturated carbocycles. The van der Waals surface area contributed by atoms with Crippen LogP contribution in [0.5, 0.6) is 0 Å². The third-order valence-electron chi connectivity index (χ3n) is 3.25. The largest absolute Gasteiger partial charge is 0.480 e. The number of carbonyl (C=O) groups excluding carboxylic acids is 1. The predicted molar refractivity (Wildman–Crippen MR) is 72.4 cm³/mol. The summed E-state index contributed by atoms with van der Waals surface area (Å²) in [5.41, 5.74) is 0. The van der Waals surface area contributed by atoms with Crippen molar-refractivity contribution in [2.75, 3.05) is 11.5 Å². The molecule has 1 N–H and O–H groups in total. The van der Waals surface area contributed by atoms with E-state index in [9.17, 15) is 14.7 Å². The first-order chi connectivity index (χ1) is 7.87. The molecule has 3 atom stereocenters. The van der Waals surface area contributed by atoms with E-state index in [0.29, 0.717) is 11.5 Å². The average molecular weight is 277 g/mol. The fourth-order valence-corrected chi connectivity index (χ4v) is 3.41. The summed E-state index contributed by atoms with van der Waals surface area (Å²) in [7, 11) is 0. The van der Waals surface area contributed by atoms with Gasteiger partial charge in [0.2, 0.25) is 5.91 Å². The summed E-state index contributed by atoms with van der Waals surface area (Å²) >= 11 is 5.66. The molecule has 3 unspecified atom stereocenters. The topological polar surface area (TPSA) is 57.6 Å². The van der Waals surface area contributed by atoms with E-state index in [1.807, 2.05) is 13.8 Å². The molecule has 0 bridgehead atoms. The number of carbonyl (C=O) groups is 2. The minimum Gasteiger partial charge on any atom is -0.480 e. The number of thiol groups is 1. The van der Waals surface area contributed by atoms with Crippen molar-refractivity contribution in [3.63, 3.8) is 0 Å². The van der Waals surface area contributed by atoms with Crippen LogP contribution in [0.4, 0.5) is 0 Å². The van der Waals surface area contributed by atoms with Gasteiger partial charge in [-0.1, -0.05) is 13.8 Å². The molecule has 1 fully saturated rings. The molecular formula is C11H19NO3S2. The molecule has 1 aliphatic heterocycles. The first kappa shape index (κ1) is 14.7. The van der Waals surface area contributed by atoms with Crippen LogP contribution in [0, 0.1) is 5.92 Å². The van der Waals surface area contributed by atoms with Gasteiger partial charge in [0.15, 0.2) is 0 Å². The second-order valence-corrected chi connectivity index (χ2v) is 6.35. The minimum atomic E-state index is -0.922. The molecule has 1 rings (SSSR count). The first-order valence-electron chi connectivity index (χ1n) is 5.68. The minimum absolute atomic E-state index is 0.109. The lowest BCUT2D eigenvalue weighted by Crippen LogP contribution is -2.52. The van der Waals surface area contributed by atoms with Crippen LogP contribution in [0.1, 0.15) is 27.2 Å². The van der Waals surface area contributed by atoms with Crippen LogP contribution in [0.25, 0.3) is 0 Å². The highest BCUT2D eigenvalue weighted by molar-refractivity contribution is 8.00. The highest BCUT2D eigenvalue weighted by atomic mass is 32.2. The van der Waals surface area contributed by atoms with Crippen molar-refractivity contribution in [3.05, 3.63) is 0 Å². The van der Waals surface area contributed by atoms with Crippen LogP contribution in [0.2, 0.25) is 0 Å². The average Bonchev–Trinajstić information content (AvgIpc) is 2.66. The lowest BCUT2D eigenvalue weighted by Gasteiger charge is -2.37. The van der Waals surface area contributed by atoms with Crippen molar-refractivity contribution in [1.82, 2.24) is 4.90 Å². The smallest absolute Gasteiger partial charge is 0.327 e. The molecule has 1 aliphatic rings. The highest BCUT2D eigenvalue weighted by Gasteiger charge is 2.48. The van der Waals surface area contributed by atoms with Crippen LogP contribution >= 0.6 is 24.4 Å². The van der Waals surface area contributed by atoms with Crippen LogP contribution in [0.15, 0.2) is 0 Å². The Morgan fingerprint density at radius 3 is 2.65 bits per heavy atom. The van der Waals surface area contributed by atoms with Crippen LogP contribution < -0.4 is 0 Å². The number of thioether (sulfide) groups is 1. The number of nitrogens with zero attached hydrogens (tertiary/aromatic N) is 1. The maximum Gasteiger partial charge on any atom is 0.327 e. The Balaban J connectivity index is 3.02. The first-order valence-corrected chi connectivity index (χ1v) is 7.30. The number of aliphatic carboxylic acids is 1. The number of rotatable bonds is 4. The van der Waals surface area contributed by atoms with E-state index in [-0.39, 0.29) is 11.8 Å². The van der Waals surface area contributed by atoms with Crippen molar-refractivity contribution in [1.29, 1.82) is 0 Å². The van der Waals surface area contributed by atoms with Gasteiger partial charge in [-0.25, -0.2) is 4.79 Å². The van der Waals surface area contributed by atoms with Gasteiger partial charge >= 0.3 is 5.97 Å². The Kier molecular flexibility index (Phi) is 4.77. The van der Waals surface area contributed by atoms with E-state index in [1.54, 1.807) is 23.6 Å². The number of carboxylic acid groups (broad SMARTS) is 1. The van der Waals surface area contributed by atoms with Crippen LogP contribution in [-0.2, 0) is 9.59 Å². The predicted octanol–water partition coefficient (Wildman–Crippen LogP) is 1.71. The number of carboxylic acids is 1. The Morgan fingerprint density at radius 1 is 1.65 bits per heavy atom. The summed E-state index contributed by atoms with van der Waals surface area (Å²) in [5.74, 6) is -0.377. The molecule has 0 spiro atoms. The maximum atomic E-state index is 12.3. The second-order valence-electron chi connectivity index (χ2n) is 4.49. The molecule has 0 aromatic rings. The van der Waals surface area contributed by atoms with Gasteiger partial charge in [0.05, 0.1) is 4.87 Å². The van der Waals surface area contributed by atoms with Crippen LogP contribution in [0.3, 0.4) is 0 Å². The molecule has 0 aromatic heterocycles. The summed E-state index contributed by atoms with van der Waals surface area (Å²) in [4.78, 5) is 24.6. The van der Waals surface area contributed by atoms with Crippen molar-refractivity contribution in [2.24, 2.45) is 5.92 Å². The molecule has 1 heterocycles. The molecule has 1 amide bonds. The Bertz CT molecular complexity index is 324. The third kappa shape index (κ3) is 2.73. The van der Waals surface area contributed by atoms with Crippen molar-refractivity contribution in [2.45, 2.75) is 38.1 Å². The van der Waals surface area contributed by atoms with Gasteiger partial charge in [-0.15, -0.1) is 11.8 Å². The van der Waals surface area contributed by atoms with Gasteiger partial charge in [0.1, 0.15) is 6.04 Å². The van der Waals surface area contributed by atoms with E-state index >= 15 is 0 Å². The lowest BCUT2D eigenvalue weighted by molar-refractivity contribution is -0.152. The summed E-state index contributed by atoms with van der Waals surface area (Å²) < 4.78 is 0. The van der Waals surface area contributed by atoms with Gasteiger partial charge in [-0.05, 0) is 13.3 Å². The summed E-state index contributed by atoms with van der Waals surface area (Å²) in [5, 5.41) is 9.19. The van der Waals surface area contributed by atoms with E-state index in [2.05, 4.69) is 12.6 Å². The monoisotopic (exact) mass is 277 g/mol. The number of amides is 1. The number of hydrogen-bond acceptors (Lipinski definition) is 4. The zero-order valence-electron chi connectivity index (χ0n) is 10.3. The van der Waals surface area contributed by atoms with E-state index in [1.165, 1.54) is 0 Å². The van der Waals surface area contributed by atoms with Gasteiger partial charge in [0, 0.05) is 17.4 Å². The fourth-order valence-electron chi connectivity index (χ4n) is 1.89. The molecule has 17 heavy (non-hydrogen) atoms. The molecule has 0 aliphatic carbocycles. The molecule has 0 radical (unpaired) electrons. The third-order valence-corrected chi connectivity index (χ3v) is 5.38. The zero-order chi connectivity index (χ0) is 13.2. The van der Waals surface area contributed by atoms with Crippen molar-refractivity contribution in [3.8, 4) is 0 Å². The molecular weight excluding hydrogens is 258 g/mol. The summed E-state index contributed by atoms with van der Waals surface area (Å²) in [6, 6.07) is -0.709. The quantitative estimate of drug-likeness (QED) is 0.768. The standard InChI is InChI=1S/C11H19NO3S2/c1-4-11(3)12(9(13)7(2)5-16)8(6-17-11)10(14)15/h7-8,16H,4-6H2,1-3H3,(H,14,15). The Hall–Kier alpha value is -0.360. The second kappa shape index (κ2) is 5.52. The van der Waals surface area contributed by atoms with Gasteiger partial charge in [-0.3, -0.25) is 4.79 Å². The zero-order valence-corrected chi connectivity index (χ0v) is 12.1. The normalized spacial score (nSPS) is 30.4. The molecule has 1 saturated heterocycles. The van der Waals surface area contributed by atoms with Gasteiger partial charge in [0.25, 0.3) is 0 Å². The lowest BCUT2D eigenvalue weighted by atomic mass is 10.1. The maximum absolute atomic E-state index is 12.3. The molecule has 6 heteroatoms. The molecule has 98 valence electrons.